The van der Waals surface area contributed by atoms with Gasteiger partial charge >= 0.3 is 6.03 Å². The highest BCUT2D eigenvalue weighted by Gasteiger charge is 2.33. The van der Waals surface area contributed by atoms with Crippen LogP contribution in [0.4, 0.5) is 4.79 Å². The van der Waals surface area contributed by atoms with Crippen LogP contribution in [0.15, 0.2) is 42.5 Å². The number of rotatable bonds is 6. The van der Waals surface area contributed by atoms with Crippen LogP contribution in [0.25, 0.3) is 0 Å². The van der Waals surface area contributed by atoms with Gasteiger partial charge in [0.25, 0.3) is 0 Å². The Morgan fingerprint density at radius 1 is 1.10 bits per heavy atom. The van der Waals surface area contributed by atoms with Gasteiger partial charge in [0.1, 0.15) is 12.6 Å². The molecule has 0 fully saturated rings. The zero-order chi connectivity index (χ0) is 21.7. The SMILES string of the molecule is COc1cc2c(cc1OC)[C@@H](CNC(=O)NC(C)(C)C)[NH+](Cc1ccccc1)CC2. The molecule has 1 aliphatic heterocycles. The van der Waals surface area contributed by atoms with E-state index in [1.807, 2.05) is 26.8 Å². The maximum Gasteiger partial charge on any atom is 0.315 e. The number of hydrogen-bond donors (Lipinski definition) is 3. The largest absolute Gasteiger partial charge is 0.493 e. The molecule has 162 valence electrons. The Bertz CT molecular complexity index is 862. The Morgan fingerprint density at radius 2 is 1.77 bits per heavy atom. The second-order valence-corrected chi connectivity index (χ2v) is 8.86. The van der Waals surface area contributed by atoms with E-state index in [1.54, 1.807) is 14.2 Å². The Balaban J connectivity index is 1.87. The van der Waals surface area contributed by atoms with E-state index in [-0.39, 0.29) is 17.6 Å². The average Bonchev–Trinajstić information content (AvgIpc) is 2.71. The number of fused-ring (bicyclic) bond motifs is 1. The maximum absolute atomic E-state index is 12.4. The van der Waals surface area contributed by atoms with E-state index in [0.717, 1.165) is 31.0 Å². The maximum atomic E-state index is 12.4. The first-order chi connectivity index (χ1) is 14.3. The number of benzene rings is 2. The van der Waals surface area contributed by atoms with Gasteiger partial charge in [0, 0.05) is 23.1 Å². The fourth-order valence-corrected chi connectivity index (χ4v) is 4.07. The molecule has 0 aliphatic carbocycles. The van der Waals surface area contributed by atoms with E-state index < -0.39 is 0 Å². The molecule has 30 heavy (non-hydrogen) atoms. The summed E-state index contributed by atoms with van der Waals surface area (Å²) in [4.78, 5) is 13.9. The molecule has 0 aromatic heterocycles. The van der Waals surface area contributed by atoms with E-state index in [0.29, 0.717) is 6.54 Å². The lowest BCUT2D eigenvalue weighted by molar-refractivity contribution is -0.945. The summed E-state index contributed by atoms with van der Waals surface area (Å²) in [6, 6.07) is 14.6. The van der Waals surface area contributed by atoms with Crippen molar-refractivity contribution < 1.29 is 19.2 Å². The average molecular weight is 413 g/mol. The molecule has 0 saturated carbocycles. The van der Waals surface area contributed by atoms with Crippen LogP contribution in [0.1, 0.15) is 43.5 Å². The quantitative estimate of drug-likeness (QED) is 0.683. The lowest BCUT2D eigenvalue weighted by atomic mass is 9.91. The molecule has 6 nitrogen and oxygen atoms in total. The van der Waals surface area contributed by atoms with Crippen LogP contribution in [-0.4, -0.2) is 38.9 Å². The topological polar surface area (TPSA) is 64.0 Å². The molecular formula is C24H34N3O3+. The standard InChI is InChI=1S/C24H33N3O3/c1-24(2,3)26-23(28)25-15-20-19-14-22(30-5)21(29-4)13-18(19)11-12-27(20)16-17-9-7-6-8-10-17/h6-10,13-14,20H,11-12,15-16H2,1-5H3,(H2,25,26,28)/p+1/t20-/m1/s1. The summed E-state index contributed by atoms with van der Waals surface area (Å²) >= 11 is 0. The third kappa shape index (κ3) is 5.45. The summed E-state index contributed by atoms with van der Waals surface area (Å²) in [5.41, 5.74) is 3.48. The van der Waals surface area contributed by atoms with Crippen molar-refractivity contribution >= 4 is 6.03 Å². The van der Waals surface area contributed by atoms with E-state index in [9.17, 15) is 4.79 Å². The molecule has 2 amide bonds. The minimum absolute atomic E-state index is 0.125. The van der Waals surface area contributed by atoms with E-state index in [2.05, 4.69) is 47.0 Å². The number of hydrogen-bond acceptors (Lipinski definition) is 3. The van der Waals surface area contributed by atoms with Gasteiger partial charge in [0.2, 0.25) is 0 Å². The molecule has 2 aromatic carbocycles. The number of carbonyl (C=O) groups is 1. The van der Waals surface area contributed by atoms with Crippen molar-refractivity contribution in [3.63, 3.8) is 0 Å². The third-order valence-corrected chi connectivity index (χ3v) is 5.46. The summed E-state index contributed by atoms with van der Waals surface area (Å²) < 4.78 is 11.1. The molecule has 0 radical (unpaired) electrons. The van der Waals surface area contributed by atoms with E-state index in [4.69, 9.17) is 9.47 Å². The molecule has 1 aliphatic rings. The summed E-state index contributed by atoms with van der Waals surface area (Å²) in [6.45, 7) is 8.38. The van der Waals surface area contributed by atoms with Crippen molar-refractivity contribution in [2.24, 2.45) is 0 Å². The van der Waals surface area contributed by atoms with E-state index >= 15 is 0 Å². The summed E-state index contributed by atoms with van der Waals surface area (Å²) in [6.07, 6.45) is 0.961. The van der Waals surface area contributed by atoms with Crippen LogP contribution in [0, 0.1) is 0 Å². The Hall–Kier alpha value is -2.73. The number of urea groups is 1. The first-order valence-electron chi connectivity index (χ1n) is 10.5. The van der Waals surface area contributed by atoms with Gasteiger partial charge in [-0.25, -0.2) is 4.79 Å². The highest BCUT2D eigenvalue weighted by molar-refractivity contribution is 5.74. The van der Waals surface area contributed by atoms with Crippen molar-refractivity contribution in [2.45, 2.75) is 45.3 Å². The smallest absolute Gasteiger partial charge is 0.315 e. The molecule has 2 atom stereocenters. The van der Waals surface area contributed by atoms with Crippen molar-refractivity contribution in [3.05, 3.63) is 59.2 Å². The normalized spacial score (nSPS) is 18.3. The molecule has 2 aromatic rings. The van der Waals surface area contributed by atoms with Gasteiger partial charge in [0.05, 0.1) is 27.3 Å². The van der Waals surface area contributed by atoms with Crippen molar-refractivity contribution in [3.8, 4) is 11.5 Å². The van der Waals surface area contributed by atoms with Gasteiger partial charge < -0.3 is 25.0 Å². The number of quaternary nitrogens is 1. The van der Waals surface area contributed by atoms with Crippen LogP contribution < -0.4 is 25.0 Å². The third-order valence-electron chi connectivity index (χ3n) is 5.46. The molecule has 3 N–H and O–H groups in total. The predicted molar refractivity (Wildman–Crippen MR) is 118 cm³/mol. The number of nitrogens with one attached hydrogen (secondary N) is 3. The van der Waals surface area contributed by atoms with Gasteiger partial charge in [-0.2, -0.15) is 0 Å². The molecule has 0 spiro atoms. The highest BCUT2D eigenvalue weighted by Crippen LogP contribution is 2.34. The van der Waals surface area contributed by atoms with Gasteiger partial charge in [-0.15, -0.1) is 0 Å². The minimum Gasteiger partial charge on any atom is -0.493 e. The molecule has 1 heterocycles. The van der Waals surface area contributed by atoms with Crippen LogP contribution >= 0.6 is 0 Å². The Morgan fingerprint density at radius 3 is 2.40 bits per heavy atom. The summed E-state index contributed by atoms with van der Waals surface area (Å²) in [7, 11) is 3.32. The molecular weight excluding hydrogens is 378 g/mol. The second kappa shape index (κ2) is 9.39. The van der Waals surface area contributed by atoms with Crippen molar-refractivity contribution in [1.82, 2.24) is 10.6 Å². The monoisotopic (exact) mass is 412 g/mol. The van der Waals surface area contributed by atoms with Crippen LogP contribution in [0.2, 0.25) is 0 Å². The zero-order valence-corrected chi connectivity index (χ0v) is 18.7. The highest BCUT2D eigenvalue weighted by atomic mass is 16.5. The second-order valence-electron chi connectivity index (χ2n) is 8.86. The van der Waals surface area contributed by atoms with Gasteiger partial charge in [-0.3, -0.25) is 0 Å². The van der Waals surface area contributed by atoms with Crippen LogP contribution in [-0.2, 0) is 13.0 Å². The van der Waals surface area contributed by atoms with Crippen molar-refractivity contribution in [1.29, 1.82) is 0 Å². The fraction of sp³-hybridized carbons (Fsp3) is 0.458. The van der Waals surface area contributed by atoms with Gasteiger partial charge in [-0.05, 0) is 38.5 Å². The van der Waals surface area contributed by atoms with Crippen LogP contribution in [0.5, 0.6) is 11.5 Å². The molecule has 1 unspecified atom stereocenters. The Labute approximate surface area is 179 Å². The first-order valence-corrected chi connectivity index (χ1v) is 10.5. The molecule has 3 rings (SSSR count). The van der Waals surface area contributed by atoms with Crippen molar-refractivity contribution in [2.75, 3.05) is 27.3 Å². The number of carbonyl (C=O) groups excluding carboxylic acids is 1. The van der Waals surface area contributed by atoms with Gasteiger partial charge in [-0.1, -0.05) is 30.3 Å². The molecule has 0 bridgehead atoms. The molecule has 0 saturated heterocycles. The first kappa shape index (κ1) is 22.0. The lowest BCUT2D eigenvalue weighted by Gasteiger charge is -2.35. The minimum atomic E-state index is -0.276. The lowest BCUT2D eigenvalue weighted by Crippen LogP contribution is -3.12. The van der Waals surface area contributed by atoms with Crippen LogP contribution in [0.3, 0.4) is 0 Å². The van der Waals surface area contributed by atoms with E-state index in [1.165, 1.54) is 21.6 Å². The number of methoxy groups -OCH3 is 2. The number of amides is 2. The number of ether oxygens (including phenoxy) is 2. The summed E-state index contributed by atoms with van der Waals surface area (Å²) in [5.74, 6) is 1.47. The fourth-order valence-electron chi connectivity index (χ4n) is 4.07. The summed E-state index contributed by atoms with van der Waals surface area (Å²) in [5, 5.41) is 6.07. The Kier molecular flexibility index (Phi) is 6.87. The zero-order valence-electron chi connectivity index (χ0n) is 18.7. The van der Waals surface area contributed by atoms with Gasteiger partial charge in [0.15, 0.2) is 11.5 Å². The predicted octanol–water partition coefficient (Wildman–Crippen LogP) is 2.48. The molecule has 6 heteroatoms.